The Kier molecular flexibility index (Phi) is 2.68. The van der Waals surface area contributed by atoms with Crippen molar-refractivity contribution >= 4 is 11.9 Å². The van der Waals surface area contributed by atoms with Gasteiger partial charge in [-0.05, 0) is 18.2 Å². The fraction of sp³-hybridized carbons (Fsp3) is 0.182. The number of ketones is 1. The number of aromatic nitrogens is 4. The number of nitrogens with zero attached hydrogens (tertiary/aromatic N) is 4. The zero-order chi connectivity index (χ0) is 11.5. The average Bonchev–Trinajstić information content (AvgIpc) is 2.84. The van der Waals surface area contributed by atoms with E-state index in [1.54, 1.807) is 34.9 Å². The Morgan fingerprint density at radius 3 is 2.75 bits per heavy atom. The maximum atomic E-state index is 11.7. The SMILES string of the molecule is Cn1cc(C(=O)/C=C/c2ccn(C)n2)cn1. The number of allylic oxidation sites excluding steroid dienone is 1. The standard InChI is InChI=1S/C11H12N4O/c1-14-6-5-10(13-14)3-4-11(16)9-7-12-15(2)8-9/h3-8H,1-2H3/b4-3+. The second-order valence-corrected chi connectivity index (χ2v) is 3.51. The molecular formula is C11H12N4O. The van der Waals surface area contributed by atoms with Gasteiger partial charge in [0.05, 0.1) is 17.5 Å². The monoisotopic (exact) mass is 216 g/mol. The van der Waals surface area contributed by atoms with Crippen LogP contribution in [0.5, 0.6) is 0 Å². The number of hydrogen-bond acceptors (Lipinski definition) is 3. The summed E-state index contributed by atoms with van der Waals surface area (Å²) in [6.45, 7) is 0. The maximum Gasteiger partial charge on any atom is 0.189 e. The van der Waals surface area contributed by atoms with Crippen LogP contribution < -0.4 is 0 Å². The van der Waals surface area contributed by atoms with Crippen molar-refractivity contribution in [3.05, 3.63) is 42.0 Å². The lowest BCUT2D eigenvalue weighted by atomic mass is 10.2. The van der Waals surface area contributed by atoms with E-state index in [0.29, 0.717) is 5.56 Å². The number of carbonyl (C=O) groups is 1. The summed E-state index contributed by atoms with van der Waals surface area (Å²) in [7, 11) is 3.61. The number of hydrogen-bond donors (Lipinski definition) is 0. The average molecular weight is 216 g/mol. The van der Waals surface area contributed by atoms with Crippen molar-refractivity contribution in [1.29, 1.82) is 0 Å². The first-order valence-corrected chi connectivity index (χ1v) is 4.86. The van der Waals surface area contributed by atoms with Gasteiger partial charge in [-0.2, -0.15) is 10.2 Å². The molecule has 0 unspecified atom stereocenters. The molecule has 0 aliphatic carbocycles. The summed E-state index contributed by atoms with van der Waals surface area (Å²) in [4.78, 5) is 11.7. The summed E-state index contributed by atoms with van der Waals surface area (Å²) in [5, 5.41) is 8.08. The molecule has 2 aromatic rings. The summed E-state index contributed by atoms with van der Waals surface area (Å²) in [5.74, 6) is -0.0706. The highest BCUT2D eigenvalue weighted by Crippen LogP contribution is 2.02. The van der Waals surface area contributed by atoms with Crippen molar-refractivity contribution in [2.45, 2.75) is 0 Å². The second-order valence-electron chi connectivity index (χ2n) is 3.51. The Morgan fingerprint density at radius 2 is 2.19 bits per heavy atom. The molecule has 0 saturated carbocycles. The molecule has 2 heterocycles. The minimum atomic E-state index is -0.0706. The summed E-state index contributed by atoms with van der Waals surface area (Å²) in [5.41, 5.74) is 1.34. The Morgan fingerprint density at radius 1 is 1.38 bits per heavy atom. The third-order valence-electron chi connectivity index (χ3n) is 2.13. The van der Waals surface area contributed by atoms with Gasteiger partial charge in [-0.3, -0.25) is 14.2 Å². The zero-order valence-corrected chi connectivity index (χ0v) is 9.16. The predicted octanol–water partition coefficient (Wildman–Crippen LogP) is 1.05. The molecule has 0 atom stereocenters. The fourth-order valence-electron chi connectivity index (χ4n) is 1.33. The normalized spacial score (nSPS) is 11.1. The molecule has 0 N–H and O–H groups in total. The van der Waals surface area contributed by atoms with E-state index in [1.165, 1.54) is 6.08 Å². The molecule has 82 valence electrons. The van der Waals surface area contributed by atoms with Gasteiger partial charge in [0.1, 0.15) is 0 Å². The highest BCUT2D eigenvalue weighted by molar-refractivity contribution is 6.06. The minimum absolute atomic E-state index is 0.0706. The molecule has 0 fully saturated rings. The molecule has 5 nitrogen and oxygen atoms in total. The van der Waals surface area contributed by atoms with Gasteiger partial charge in [0, 0.05) is 26.5 Å². The van der Waals surface area contributed by atoms with E-state index in [2.05, 4.69) is 10.2 Å². The molecule has 0 radical (unpaired) electrons. The molecule has 0 spiro atoms. The molecule has 0 aliphatic rings. The van der Waals surface area contributed by atoms with E-state index in [4.69, 9.17) is 0 Å². The van der Waals surface area contributed by atoms with E-state index >= 15 is 0 Å². The molecule has 0 amide bonds. The topological polar surface area (TPSA) is 52.7 Å². The fourth-order valence-corrected chi connectivity index (χ4v) is 1.33. The Balaban J connectivity index is 2.10. The van der Waals surface area contributed by atoms with Crippen LogP contribution in [-0.4, -0.2) is 25.3 Å². The third kappa shape index (κ3) is 2.25. The zero-order valence-electron chi connectivity index (χ0n) is 9.16. The van der Waals surface area contributed by atoms with E-state index in [1.807, 2.05) is 19.3 Å². The van der Waals surface area contributed by atoms with Crippen molar-refractivity contribution in [1.82, 2.24) is 19.6 Å². The highest BCUT2D eigenvalue weighted by Gasteiger charge is 2.03. The van der Waals surface area contributed by atoms with E-state index < -0.39 is 0 Å². The van der Waals surface area contributed by atoms with Crippen LogP contribution in [0.25, 0.3) is 6.08 Å². The first kappa shape index (κ1) is 10.4. The van der Waals surface area contributed by atoms with Crippen LogP contribution in [0.15, 0.2) is 30.7 Å². The quantitative estimate of drug-likeness (QED) is 0.569. The molecular weight excluding hydrogens is 204 g/mol. The van der Waals surface area contributed by atoms with E-state index in [9.17, 15) is 4.79 Å². The molecule has 0 aromatic carbocycles. The third-order valence-corrected chi connectivity index (χ3v) is 2.13. The van der Waals surface area contributed by atoms with Gasteiger partial charge in [-0.15, -0.1) is 0 Å². The minimum Gasteiger partial charge on any atom is -0.289 e. The molecule has 2 aromatic heterocycles. The second kappa shape index (κ2) is 4.14. The molecule has 5 heteroatoms. The molecule has 16 heavy (non-hydrogen) atoms. The summed E-state index contributed by atoms with van der Waals surface area (Å²) < 4.78 is 3.29. The van der Waals surface area contributed by atoms with Gasteiger partial charge in [-0.25, -0.2) is 0 Å². The van der Waals surface area contributed by atoms with Crippen molar-refractivity contribution < 1.29 is 4.79 Å². The molecule has 2 rings (SSSR count). The van der Waals surface area contributed by atoms with Gasteiger partial charge in [0.2, 0.25) is 0 Å². The maximum absolute atomic E-state index is 11.7. The largest absolute Gasteiger partial charge is 0.289 e. The van der Waals surface area contributed by atoms with Crippen molar-refractivity contribution in [2.75, 3.05) is 0 Å². The van der Waals surface area contributed by atoms with Crippen LogP contribution in [0.2, 0.25) is 0 Å². The van der Waals surface area contributed by atoms with Crippen LogP contribution in [0.1, 0.15) is 16.1 Å². The van der Waals surface area contributed by atoms with Crippen molar-refractivity contribution in [2.24, 2.45) is 14.1 Å². The highest BCUT2D eigenvalue weighted by atomic mass is 16.1. The molecule has 0 bridgehead atoms. The summed E-state index contributed by atoms with van der Waals surface area (Å²) in [6, 6.07) is 1.84. The first-order chi connectivity index (χ1) is 7.65. The van der Waals surface area contributed by atoms with Gasteiger partial charge < -0.3 is 0 Å². The van der Waals surface area contributed by atoms with Gasteiger partial charge >= 0.3 is 0 Å². The summed E-state index contributed by atoms with van der Waals surface area (Å²) >= 11 is 0. The Labute approximate surface area is 93.0 Å². The lowest BCUT2D eigenvalue weighted by molar-refractivity contribution is 0.104. The van der Waals surface area contributed by atoms with E-state index in [0.717, 1.165) is 5.69 Å². The van der Waals surface area contributed by atoms with Crippen LogP contribution in [0.3, 0.4) is 0 Å². The van der Waals surface area contributed by atoms with Crippen LogP contribution in [-0.2, 0) is 14.1 Å². The van der Waals surface area contributed by atoms with Crippen LogP contribution >= 0.6 is 0 Å². The van der Waals surface area contributed by atoms with Crippen molar-refractivity contribution in [3.8, 4) is 0 Å². The lowest BCUT2D eigenvalue weighted by Gasteiger charge is -1.87. The van der Waals surface area contributed by atoms with Gasteiger partial charge in [0.15, 0.2) is 5.78 Å². The number of rotatable bonds is 3. The smallest absolute Gasteiger partial charge is 0.189 e. The molecule has 0 aliphatic heterocycles. The molecule has 0 saturated heterocycles. The predicted molar refractivity (Wildman–Crippen MR) is 59.8 cm³/mol. The summed E-state index contributed by atoms with van der Waals surface area (Å²) in [6.07, 6.45) is 8.25. The van der Waals surface area contributed by atoms with Crippen molar-refractivity contribution in [3.63, 3.8) is 0 Å². The Hall–Kier alpha value is -2.17. The Bertz CT molecular complexity index is 536. The van der Waals surface area contributed by atoms with Gasteiger partial charge in [0.25, 0.3) is 0 Å². The van der Waals surface area contributed by atoms with Crippen LogP contribution in [0.4, 0.5) is 0 Å². The number of carbonyl (C=O) groups excluding carboxylic acids is 1. The number of aryl methyl sites for hydroxylation is 2. The first-order valence-electron chi connectivity index (χ1n) is 4.86. The van der Waals surface area contributed by atoms with E-state index in [-0.39, 0.29) is 5.78 Å². The van der Waals surface area contributed by atoms with Crippen LogP contribution in [0, 0.1) is 0 Å². The lowest BCUT2D eigenvalue weighted by Crippen LogP contribution is -1.92. The van der Waals surface area contributed by atoms with Gasteiger partial charge in [-0.1, -0.05) is 0 Å².